The van der Waals surface area contributed by atoms with Gasteiger partial charge in [-0.15, -0.1) is 0 Å². The quantitative estimate of drug-likeness (QED) is 0.778. The number of nitriles is 1. The first-order valence-corrected chi connectivity index (χ1v) is 7.19. The van der Waals surface area contributed by atoms with Crippen molar-refractivity contribution in [1.29, 1.82) is 5.26 Å². The van der Waals surface area contributed by atoms with E-state index in [2.05, 4.69) is 6.07 Å². The van der Waals surface area contributed by atoms with Gasteiger partial charge in [0.2, 0.25) is 5.88 Å². The molecule has 0 amide bonds. The maximum Gasteiger partial charge on any atom is 0.205 e. The fourth-order valence-corrected chi connectivity index (χ4v) is 3.04. The molecule has 3 rings (SSSR count). The summed E-state index contributed by atoms with van der Waals surface area (Å²) in [5, 5.41) is 10.4. The number of anilines is 1. The molecule has 6 heteroatoms. The number of nitrogens with two attached hydrogens (primary N) is 2. The molecule has 1 aliphatic rings. The molecule has 110 valence electrons. The molecule has 1 heterocycles. The Bertz CT molecular complexity index is 840. The Balaban J connectivity index is 2.26. The molecule has 1 aliphatic heterocycles. The summed E-state index contributed by atoms with van der Waals surface area (Å²) < 4.78 is 5.52. The van der Waals surface area contributed by atoms with Crippen LogP contribution in [0.4, 0.5) is 5.69 Å². The minimum atomic E-state index is -0.417. The summed E-state index contributed by atoms with van der Waals surface area (Å²) >= 11 is 12.3. The molecular weight excluding hydrogens is 321 g/mol. The number of fused-ring (bicyclic) bond motifs is 1. The van der Waals surface area contributed by atoms with Gasteiger partial charge in [0.25, 0.3) is 0 Å². The third-order valence-electron chi connectivity index (χ3n) is 3.52. The number of nitrogen functional groups attached to an aromatic ring is 1. The van der Waals surface area contributed by atoms with Gasteiger partial charge >= 0.3 is 0 Å². The molecule has 0 aliphatic carbocycles. The topological polar surface area (TPSA) is 85.1 Å². The van der Waals surface area contributed by atoms with Gasteiger partial charge in [0, 0.05) is 27.4 Å². The van der Waals surface area contributed by atoms with Crippen molar-refractivity contribution in [2.75, 3.05) is 5.73 Å². The number of ether oxygens (including phenoxy) is 1. The van der Waals surface area contributed by atoms with E-state index in [9.17, 15) is 5.26 Å². The van der Waals surface area contributed by atoms with Crippen LogP contribution >= 0.6 is 23.2 Å². The summed E-state index contributed by atoms with van der Waals surface area (Å²) in [6.07, 6.45) is 0. The number of allylic oxidation sites excluding steroid dienone is 1. The number of hydrogen-bond acceptors (Lipinski definition) is 4. The third-order valence-corrected chi connectivity index (χ3v) is 4.08. The molecule has 2 aromatic carbocycles. The number of hydrogen-bond donors (Lipinski definition) is 2. The summed E-state index contributed by atoms with van der Waals surface area (Å²) in [6, 6.07) is 12.5. The lowest BCUT2D eigenvalue weighted by Crippen LogP contribution is -2.21. The van der Waals surface area contributed by atoms with Crippen LogP contribution < -0.4 is 16.2 Å². The van der Waals surface area contributed by atoms with Gasteiger partial charge < -0.3 is 16.2 Å². The lowest BCUT2D eigenvalue weighted by Gasteiger charge is -2.27. The van der Waals surface area contributed by atoms with Crippen LogP contribution in [0, 0.1) is 11.3 Å². The highest BCUT2D eigenvalue weighted by atomic mass is 35.5. The molecule has 0 spiro atoms. The molecule has 4 N–H and O–H groups in total. The normalized spacial score (nSPS) is 16.7. The Morgan fingerprint density at radius 1 is 1.05 bits per heavy atom. The first-order chi connectivity index (χ1) is 10.5. The Hall–Kier alpha value is -2.35. The van der Waals surface area contributed by atoms with Crippen molar-refractivity contribution in [3.8, 4) is 11.8 Å². The molecule has 0 saturated heterocycles. The first-order valence-electron chi connectivity index (χ1n) is 6.43. The first kappa shape index (κ1) is 14.6. The second kappa shape index (κ2) is 5.45. The zero-order chi connectivity index (χ0) is 15.9. The lowest BCUT2D eigenvalue weighted by molar-refractivity contribution is 0.394. The number of rotatable bonds is 1. The van der Waals surface area contributed by atoms with E-state index < -0.39 is 5.92 Å². The van der Waals surface area contributed by atoms with Gasteiger partial charge in [-0.05, 0) is 23.8 Å². The van der Waals surface area contributed by atoms with Crippen LogP contribution in [0.15, 0.2) is 47.9 Å². The number of benzene rings is 2. The molecule has 0 fully saturated rings. The molecule has 0 unspecified atom stereocenters. The molecular formula is C16H11Cl2N3O. The maximum atomic E-state index is 9.46. The minimum Gasteiger partial charge on any atom is -0.440 e. The van der Waals surface area contributed by atoms with Crippen molar-refractivity contribution in [3.63, 3.8) is 0 Å². The average molecular weight is 332 g/mol. The van der Waals surface area contributed by atoms with E-state index in [1.165, 1.54) is 0 Å². The van der Waals surface area contributed by atoms with Gasteiger partial charge in [-0.2, -0.15) is 5.26 Å². The van der Waals surface area contributed by atoms with Gasteiger partial charge in [0.15, 0.2) is 0 Å². The summed E-state index contributed by atoms with van der Waals surface area (Å²) in [6.45, 7) is 0. The van der Waals surface area contributed by atoms with Crippen LogP contribution in [0.3, 0.4) is 0 Å². The van der Waals surface area contributed by atoms with Crippen LogP contribution in [0.25, 0.3) is 0 Å². The molecule has 2 aromatic rings. The SMILES string of the molecule is N#CC1=C(N)Oc2cc(N)ccc2[C@@H]1c1ccc(Cl)cc1Cl. The van der Waals surface area contributed by atoms with Crippen molar-refractivity contribution < 1.29 is 4.74 Å². The number of nitrogens with zero attached hydrogens (tertiary/aromatic N) is 1. The standard InChI is InChI=1S/C16H11Cl2N3O/c17-8-1-3-10(13(18)5-8)15-11-4-2-9(20)6-14(11)22-16(21)12(15)7-19/h1-6,15H,20-21H2/t15-/m0/s1. The minimum absolute atomic E-state index is 0.0524. The monoisotopic (exact) mass is 331 g/mol. The van der Waals surface area contributed by atoms with Crippen LogP contribution in [0.5, 0.6) is 5.75 Å². The summed E-state index contributed by atoms with van der Waals surface area (Å²) in [5.74, 6) is 0.156. The predicted octanol–water partition coefficient (Wildman–Crippen LogP) is 3.79. The van der Waals surface area contributed by atoms with Gasteiger partial charge in [0.1, 0.15) is 17.4 Å². The van der Waals surface area contributed by atoms with E-state index in [1.807, 2.05) is 6.07 Å². The van der Waals surface area contributed by atoms with Crippen molar-refractivity contribution in [1.82, 2.24) is 0 Å². The van der Waals surface area contributed by atoms with Gasteiger partial charge in [-0.1, -0.05) is 35.3 Å². The second-order valence-corrected chi connectivity index (χ2v) is 5.73. The maximum absolute atomic E-state index is 9.46. The van der Waals surface area contributed by atoms with Gasteiger partial charge in [0.05, 0.1) is 5.92 Å². The molecule has 0 bridgehead atoms. The van der Waals surface area contributed by atoms with Crippen molar-refractivity contribution >= 4 is 28.9 Å². The van der Waals surface area contributed by atoms with Crippen molar-refractivity contribution in [2.45, 2.75) is 5.92 Å². The van der Waals surface area contributed by atoms with Gasteiger partial charge in [-0.3, -0.25) is 0 Å². The molecule has 22 heavy (non-hydrogen) atoms. The fraction of sp³-hybridized carbons (Fsp3) is 0.0625. The molecule has 0 saturated carbocycles. The van der Waals surface area contributed by atoms with Crippen LogP contribution in [0.1, 0.15) is 17.0 Å². The molecule has 0 radical (unpaired) electrons. The zero-order valence-corrected chi connectivity index (χ0v) is 12.8. The Kier molecular flexibility index (Phi) is 3.61. The van der Waals surface area contributed by atoms with Crippen molar-refractivity contribution in [2.24, 2.45) is 5.73 Å². The lowest BCUT2D eigenvalue weighted by atomic mass is 9.83. The van der Waals surface area contributed by atoms with Crippen LogP contribution in [-0.2, 0) is 0 Å². The zero-order valence-electron chi connectivity index (χ0n) is 11.3. The van der Waals surface area contributed by atoms with E-state index in [0.717, 1.165) is 11.1 Å². The van der Waals surface area contributed by atoms with Crippen LogP contribution in [0.2, 0.25) is 10.0 Å². The van der Waals surface area contributed by atoms with E-state index in [-0.39, 0.29) is 5.88 Å². The highest BCUT2D eigenvalue weighted by Crippen LogP contribution is 2.44. The summed E-state index contributed by atoms with van der Waals surface area (Å²) in [5.41, 5.74) is 14.0. The Morgan fingerprint density at radius 3 is 2.45 bits per heavy atom. The smallest absolute Gasteiger partial charge is 0.205 e. The van der Waals surface area contributed by atoms with E-state index >= 15 is 0 Å². The van der Waals surface area contributed by atoms with Crippen LogP contribution in [-0.4, -0.2) is 0 Å². The summed E-state index contributed by atoms with van der Waals surface area (Å²) in [7, 11) is 0. The second-order valence-electron chi connectivity index (χ2n) is 4.89. The third kappa shape index (κ3) is 2.35. The van der Waals surface area contributed by atoms with E-state index in [1.54, 1.807) is 30.3 Å². The predicted molar refractivity (Wildman–Crippen MR) is 86.6 cm³/mol. The fourth-order valence-electron chi connectivity index (χ4n) is 2.53. The molecule has 0 aromatic heterocycles. The Labute approximate surface area is 137 Å². The highest BCUT2D eigenvalue weighted by Gasteiger charge is 2.31. The largest absolute Gasteiger partial charge is 0.440 e. The number of halogens is 2. The Morgan fingerprint density at radius 2 is 1.77 bits per heavy atom. The summed E-state index contributed by atoms with van der Waals surface area (Å²) in [4.78, 5) is 0. The van der Waals surface area contributed by atoms with Gasteiger partial charge in [-0.25, -0.2) is 0 Å². The molecule has 1 atom stereocenters. The van der Waals surface area contributed by atoms with E-state index in [4.69, 9.17) is 39.4 Å². The molecule has 4 nitrogen and oxygen atoms in total. The highest BCUT2D eigenvalue weighted by molar-refractivity contribution is 6.35. The average Bonchev–Trinajstić information content (AvgIpc) is 2.46. The van der Waals surface area contributed by atoms with E-state index in [0.29, 0.717) is 27.1 Å². The van der Waals surface area contributed by atoms with Crippen molar-refractivity contribution in [3.05, 3.63) is 69.0 Å².